The fourth-order valence-corrected chi connectivity index (χ4v) is 1.52. The van der Waals surface area contributed by atoms with E-state index in [2.05, 4.69) is 10.6 Å². The highest BCUT2D eigenvalue weighted by atomic mass is 35.5. The minimum absolute atomic E-state index is 0.112. The predicted molar refractivity (Wildman–Crippen MR) is 69.8 cm³/mol. The molecule has 1 aromatic rings. The summed E-state index contributed by atoms with van der Waals surface area (Å²) in [6.45, 7) is 3.15. The maximum absolute atomic E-state index is 11.6. The Bertz CT molecular complexity index is 383. The van der Waals surface area contributed by atoms with E-state index >= 15 is 0 Å². The quantitative estimate of drug-likeness (QED) is 0.768. The fourth-order valence-electron chi connectivity index (χ4n) is 1.35. The number of ether oxygens (including phenoxy) is 1. The second-order valence-corrected chi connectivity index (χ2v) is 4.01. The first kappa shape index (κ1) is 13.8. The van der Waals surface area contributed by atoms with Gasteiger partial charge in [0, 0.05) is 5.02 Å². The molecule has 5 heteroatoms. The van der Waals surface area contributed by atoms with Crippen LogP contribution in [0.1, 0.15) is 13.3 Å². The Balaban J connectivity index is 2.60. The van der Waals surface area contributed by atoms with Gasteiger partial charge < -0.3 is 15.4 Å². The normalized spacial score (nSPS) is 10.1. The lowest BCUT2D eigenvalue weighted by atomic mass is 10.3. The van der Waals surface area contributed by atoms with Crippen LogP contribution in [0.3, 0.4) is 0 Å². The van der Waals surface area contributed by atoms with Crippen molar-refractivity contribution < 1.29 is 9.53 Å². The molecule has 4 nitrogen and oxygen atoms in total. The number of carbonyl (C=O) groups excluding carboxylic acids is 1. The Morgan fingerprint density at radius 1 is 1.47 bits per heavy atom. The van der Waals surface area contributed by atoms with E-state index in [1.165, 1.54) is 0 Å². The third kappa shape index (κ3) is 4.63. The van der Waals surface area contributed by atoms with Gasteiger partial charge in [0.25, 0.3) is 0 Å². The molecule has 0 saturated carbocycles. The van der Waals surface area contributed by atoms with Gasteiger partial charge in [0.15, 0.2) is 0 Å². The molecule has 0 aromatic heterocycles. The number of amides is 1. The van der Waals surface area contributed by atoms with Gasteiger partial charge in [-0.05, 0) is 31.2 Å². The lowest BCUT2D eigenvalue weighted by Gasteiger charge is -2.10. The molecule has 0 spiro atoms. The minimum Gasteiger partial charge on any atom is -0.495 e. The van der Waals surface area contributed by atoms with Gasteiger partial charge in [0.2, 0.25) is 5.91 Å². The van der Waals surface area contributed by atoms with Gasteiger partial charge in [0.05, 0.1) is 19.3 Å². The standard InChI is InChI=1S/C12H17ClN2O2/c1-3-6-14-8-12(16)15-10-7-9(13)4-5-11(10)17-2/h4-5,7,14H,3,6,8H2,1-2H3,(H,15,16). The van der Waals surface area contributed by atoms with Crippen LogP contribution in [0.2, 0.25) is 5.02 Å². The zero-order valence-corrected chi connectivity index (χ0v) is 10.8. The first-order chi connectivity index (χ1) is 8.17. The number of methoxy groups -OCH3 is 1. The minimum atomic E-state index is -0.112. The highest BCUT2D eigenvalue weighted by Gasteiger charge is 2.07. The number of nitrogens with one attached hydrogen (secondary N) is 2. The molecule has 1 amide bonds. The summed E-state index contributed by atoms with van der Waals surface area (Å²) < 4.78 is 5.13. The second-order valence-electron chi connectivity index (χ2n) is 3.57. The van der Waals surface area contributed by atoms with Crippen LogP contribution in [0.4, 0.5) is 5.69 Å². The molecular weight excluding hydrogens is 240 g/mol. The van der Waals surface area contributed by atoms with Crippen molar-refractivity contribution in [1.29, 1.82) is 0 Å². The number of carbonyl (C=O) groups is 1. The van der Waals surface area contributed by atoms with Crippen LogP contribution in [0.25, 0.3) is 0 Å². The number of hydrogen-bond acceptors (Lipinski definition) is 3. The van der Waals surface area contributed by atoms with E-state index in [1.807, 2.05) is 6.92 Å². The van der Waals surface area contributed by atoms with Gasteiger partial charge in [-0.25, -0.2) is 0 Å². The number of benzene rings is 1. The van der Waals surface area contributed by atoms with Crippen LogP contribution >= 0.6 is 11.6 Å². The van der Waals surface area contributed by atoms with Crippen molar-refractivity contribution in [1.82, 2.24) is 5.32 Å². The lowest BCUT2D eigenvalue weighted by Crippen LogP contribution is -2.28. The average Bonchev–Trinajstić information content (AvgIpc) is 2.29. The highest BCUT2D eigenvalue weighted by Crippen LogP contribution is 2.27. The van der Waals surface area contributed by atoms with Crippen LogP contribution in [0.15, 0.2) is 18.2 Å². The van der Waals surface area contributed by atoms with Gasteiger partial charge >= 0.3 is 0 Å². The van der Waals surface area contributed by atoms with Crippen LogP contribution in [0, 0.1) is 0 Å². The molecule has 0 aliphatic heterocycles. The monoisotopic (exact) mass is 256 g/mol. The third-order valence-electron chi connectivity index (χ3n) is 2.15. The number of rotatable bonds is 6. The molecular formula is C12H17ClN2O2. The summed E-state index contributed by atoms with van der Waals surface area (Å²) in [4.78, 5) is 11.6. The molecule has 0 fully saturated rings. The smallest absolute Gasteiger partial charge is 0.238 e. The van der Waals surface area contributed by atoms with E-state index in [9.17, 15) is 4.79 Å². The Kier molecular flexibility index (Phi) is 5.80. The van der Waals surface area contributed by atoms with Crippen molar-refractivity contribution in [3.8, 4) is 5.75 Å². The summed E-state index contributed by atoms with van der Waals surface area (Å²) in [7, 11) is 1.55. The van der Waals surface area contributed by atoms with E-state index in [0.717, 1.165) is 13.0 Å². The van der Waals surface area contributed by atoms with E-state index in [-0.39, 0.29) is 12.5 Å². The predicted octanol–water partition coefficient (Wildman–Crippen LogP) is 2.29. The molecule has 0 aliphatic carbocycles. The third-order valence-corrected chi connectivity index (χ3v) is 2.38. The number of anilines is 1. The van der Waals surface area contributed by atoms with Crippen molar-refractivity contribution in [2.75, 3.05) is 25.5 Å². The largest absolute Gasteiger partial charge is 0.495 e. The zero-order valence-electron chi connectivity index (χ0n) is 10.0. The Labute approximate surface area is 106 Å². The molecule has 1 rings (SSSR count). The molecule has 1 aromatic carbocycles. The lowest BCUT2D eigenvalue weighted by molar-refractivity contribution is -0.115. The summed E-state index contributed by atoms with van der Waals surface area (Å²) in [6.07, 6.45) is 0.994. The molecule has 2 N–H and O–H groups in total. The highest BCUT2D eigenvalue weighted by molar-refractivity contribution is 6.31. The Morgan fingerprint density at radius 3 is 2.88 bits per heavy atom. The molecule has 0 saturated heterocycles. The molecule has 0 heterocycles. The molecule has 94 valence electrons. The first-order valence-electron chi connectivity index (χ1n) is 5.51. The van der Waals surface area contributed by atoms with Gasteiger partial charge in [-0.15, -0.1) is 0 Å². The number of hydrogen-bond donors (Lipinski definition) is 2. The average molecular weight is 257 g/mol. The van der Waals surface area contributed by atoms with Gasteiger partial charge in [-0.2, -0.15) is 0 Å². The van der Waals surface area contributed by atoms with Gasteiger partial charge in [-0.1, -0.05) is 18.5 Å². The molecule has 0 aliphatic rings. The summed E-state index contributed by atoms with van der Waals surface area (Å²) >= 11 is 5.86. The molecule has 0 unspecified atom stereocenters. The topological polar surface area (TPSA) is 50.4 Å². The van der Waals surface area contributed by atoms with Crippen molar-refractivity contribution >= 4 is 23.2 Å². The SMILES string of the molecule is CCCNCC(=O)Nc1cc(Cl)ccc1OC. The second kappa shape index (κ2) is 7.14. The fraction of sp³-hybridized carbons (Fsp3) is 0.417. The van der Waals surface area contributed by atoms with Crippen molar-refractivity contribution in [3.63, 3.8) is 0 Å². The van der Waals surface area contributed by atoms with Crippen LogP contribution in [-0.4, -0.2) is 26.1 Å². The van der Waals surface area contributed by atoms with Gasteiger partial charge in [0.1, 0.15) is 5.75 Å². The summed E-state index contributed by atoms with van der Waals surface area (Å²) in [6, 6.07) is 5.10. The van der Waals surface area contributed by atoms with Crippen molar-refractivity contribution in [2.45, 2.75) is 13.3 Å². The summed E-state index contributed by atoms with van der Waals surface area (Å²) in [5.41, 5.74) is 0.586. The van der Waals surface area contributed by atoms with Crippen LogP contribution in [0.5, 0.6) is 5.75 Å². The van der Waals surface area contributed by atoms with Crippen molar-refractivity contribution in [3.05, 3.63) is 23.2 Å². The first-order valence-corrected chi connectivity index (χ1v) is 5.89. The van der Waals surface area contributed by atoms with E-state index in [4.69, 9.17) is 16.3 Å². The molecule has 17 heavy (non-hydrogen) atoms. The van der Waals surface area contributed by atoms with E-state index in [0.29, 0.717) is 16.5 Å². The maximum atomic E-state index is 11.6. The number of halogens is 1. The zero-order chi connectivity index (χ0) is 12.7. The molecule has 0 atom stereocenters. The maximum Gasteiger partial charge on any atom is 0.238 e. The Morgan fingerprint density at radius 2 is 2.24 bits per heavy atom. The summed E-state index contributed by atoms with van der Waals surface area (Å²) in [5, 5.41) is 6.33. The molecule has 0 bridgehead atoms. The summed E-state index contributed by atoms with van der Waals surface area (Å²) in [5.74, 6) is 0.484. The molecule has 0 radical (unpaired) electrons. The van der Waals surface area contributed by atoms with Crippen molar-refractivity contribution in [2.24, 2.45) is 0 Å². The van der Waals surface area contributed by atoms with Crippen LogP contribution < -0.4 is 15.4 Å². The Hall–Kier alpha value is -1.26. The van der Waals surface area contributed by atoms with Gasteiger partial charge in [-0.3, -0.25) is 4.79 Å². The van der Waals surface area contributed by atoms with Crippen LogP contribution in [-0.2, 0) is 4.79 Å². The van der Waals surface area contributed by atoms with E-state index < -0.39 is 0 Å². The van der Waals surface area contributed by atoms with E-state index in [1.54, 1.807) is 25.3 Å².